The molecule has 1 fully saturated rings. The molecule has 1 atom stereocenters. The van der Waals surface area contributed by atoms with Crippen LogP contribution in [0.25, 0.3) is 0 Å². The molecule has 2 N–H and O–H groups in total. The van der Waals surface area contributed by atoms with Gasteiger partial charge in [0.25, 0.3) is 5.24 Å². The Hall–Kier alpha value is -2.35. The van der Waals surface area contributed by atoms with E-state index in [4.69, 9.17) is 5.11 Å². The summed E-state index contributed by atoms with van der Waals surface area (Å²) in [5, 5.41) is 9.78. The number of rotatable bonds is 6. The van der Waals surface area contributed by atoms with Gasteiger partial charge in [-0.15, -0.1) is 0 Å². The van der Waals surface area contributed by atoms with E-state index in [-0.39, 0.29) is 19.4 Å². The zero-order valence-electron chi connectivity index (χ0n) is 13.4. The molecule has 0 spiro atoms. The van der Waals surface area contributed by atoms with E-state index in [1.54, 1.807) is 6.07 Å². The molecular weight excluding hydrogens is 332 g/mol. The van der Waals surface area contributed by atoms with E-state index in [1.807, 2.05) is 26.0 Å². The smallest absolute Gasteiger partial charge is 0.305 e. The molecule has 3 amide bonds. The van der Waals surface area contributed by atoms with Crippen molar-refractivity contribution < 1.29 is 24.3 Å². The van der Waals surface area contributed by atoms with Gasteiger partial charge in [0.1, 0.15) is 5.25 Å². The van der Waals surface area contributed by atoms with Gasteiger partial charge < -0.3 is 10.4 Å². The molecule has 1 heterocycles. The summed E-state index contributed by atoms with van der Waals surface area (Å²) < 4.78 is 0. The van der Waals surface area contributed by atoms with Crippen molar-refractivity contribution in [2.45, 2.75) is 31.9 Å². The molecule has 1 aromatic carbocycles. The highest BCUT2D eigenvalue weighted by Crippen LogP contribution is 2.35. The molecule has 2 rings (SSSR count). The molecule has 1 aliphatic rings. The van der Waals surface area contributed by atoms with Gasteiger partial charge in [0.05, 0.1) is 12.1 Å². The van der Waals surface area contributed by atoms with Crippen LogP contribution in [-0.2, 0) is 14.4 Å². The van der Waals surface area contributed by atoms with Gasteiger partial charge in [-0.1, -0.05) is 12.1 Å². The first-order chi connectivity index (χ1) is 11.3. The van der Waals surface area contributed by atoms with Crippen molar-refractivity contribution in [1.29, 1.82) is 0 Å². The van der Waals surface area contributed by atoms with Crippen molar-refractivity contribution in [2.24, 2.45) is 0 Å². The molecule has 24 heavy (non-hydrogen) atoms. The SMILES string of the molecule is Cc1ccc(C)c(N2C(=O)SC(CC(=O)NCCC(=O)O)C2=O)c1. The van der Waals surface area contributed by atoms with Crippen molar-refractivity contribution in [3.05, 3.63) is 29.3 Å². The van der Waals surface area contributed by atoms with Crippen molar-refractivity contribution in [3.8, 4) is 0 Å². The number of anilines is 1. The number of aliphatic carboxylic acids is 1. The zero-order valence-corrected chi connectivity index (χ0v) is 14.2. The molecule has 0 radical (unpaired) electrons. The number of imide groups is 1. The number of nitrogens with zero attached hydrogens (tertiary/aromatic N) is 1. The lowest BCUT2D eigenvalue weighted by molar-refractivity contribution is -0.137. The number of aryl methyl sites for hydroxylation is 2. The number of hydrogen-bond donors (Lipinski definition) is 2. The summed E-state index contributed by atoms with van der Waals surface area (Å²) in [5.41, 5.74) is 2.26. The largest absolute Gasteiger partial charge is 0.481 e. The van der Waals surface area contributed by atoms with Gasteiger partial charge in [-0.3, -0.25) is 19.2 Å². The molecule has 0 aromatic heterocycles. The Morgan fingerprint density at radius 2 is 2.00 bits per heavy atom. The average Bonchev–Trinajstić information content (AvgIpc) is 2.76. The molecule has 1 aromatic rings. The van der Waals surface area contributed by atoms with Gasteiger partial charge in [-0.25, -0.2) is 4.90 Å². The molecule has 0 saturated carbocycles. The third kappa shape index (κ3) is 4.14. The standard InChI is InChI=1S/C16H18N2O5S/c1-9-3-4-10(2)11(7-9)18-15(22)12(24-16(18)23)8-13(19)17-6-5-14(20)21/h3-4,7,12H,5-6,8H2,1-2H3,(H,17,19)(H,20,21). The Morgan fingerprint density at radius 3 is 2.67 bits per heavy atom. The van der Waals surface area contributed by atoms with Crippen molar-refractivity contribution in [1.82, 2.24) is 5.32 Å². The maximum absolute atomic E-state index is 12.5. The van der Waals surface area contributed by atoms with Crippen LogP contribution in [0.1, 0.15) is 24.0 Å². The normalized spacial score (nSPS) is 17.2. The average molecular weight is 350 g/mol. The fourth-order valence-corrected chi connectivity index (χ4v) is 3.29. The van der Waals surface area contributed by atoms with E-state index < -0.39 is 28.3 Å². The van der Waals surface area contributed by atoms with Crippen LogP contribution in [0.15, 0.2) is 18.2 Å². The maximum Gasteiger partial charge on any atom is 0.305 e. The number of benzene rings is 1. The van der Waals surface area contributed by atoms with Crippen LogP contribution in [0.2, 0.25) is 0 Å². The number of carbonyl (C=O) groups excluding carboxylic acids is 3. The molecule has 1 aliphatic heterocycles. The number of carboxylic acids is 1. The Bertz CT molecular complexity index is 704. The van der Waals surface area contributed by atoms with Crippen LogP contribution in [0.4, 0.5) is 10.5 Å². The number of thioether (sulfide) groups is 1. The van der Waals surface area contributed by atoms with Crippen LogP contribution in [0, 0.1) is 13.8 Å². The summed E-state index contributed by atoms with van der Waals surface area (Å²) in [6.45, 7) is 3.68. The summed E-state index contributed by atoms with van der Waals surface area (Å²) in [6.07, 6.45) is -0.346. The second-order valence-electron chi connectivity index (χ2n) is 5.53. The van der Waals surface area contributed by atoms with E-state index in [0.29, 0.717) is 5.69 Å². The summed E-state index contributed by atoms with van der Waals surface area (Å²) in [4.78, 5) is 48.0. The van der Waals surface area contributed by atoms with E-state index >= 15 is 0 Å². The minimum Gasteiger partial charge on any atom is -0.481 e. The van der Waals surface area contributed by atoms with E-state index in [1.165, 1.54) is 0 Å². The van der Waals surface area contributed by atoms with Gasteiger partial charge in [0, 0.05) is 13.0 Å². The quantitative estimate of drug-likeness (QED) is 0.811. The van der Waals surface area contributed by atoms with Crippen molar-refractivity contribution in [3.63, 3.8) is 0 Å². The summed E-state index contributed by atoms with van der Waals surface area (Å²) >= 11 is 0.820. The predicted molar refractivity (Wildman–Crippen MR) is 90.1 cm³/mol. The highest BCUT2D eigenvalue weighted by atomic mass is 32.2. The minimum absolute atomic E-state index is 0.00556. The second-order valence-corrected chi connectivity index (χ2v) is 6.69. The Kier molecular flexibility index (Phi) is 5.61. The highest BCUT2D eigenvalue weighted by Gasteiger charge is 2.42. The van der Waals surface area contributed by atoms with E-state index in [2.05, 4.69) is 5.32 Å². The number of carboxylic acid groups (broad SMARTS) is 1. The van der Waals surface area contributed by atoms with Crippen LogP contribution in [0.3, 0.4) is 0 Å². The molecule has 0 bridgehead atoms. The summed E-state index contributed by atoms with van der Waals surface area (Å²) in [7, 11) is 0. The summed E-state index contributed by atoms with van der Waals surface area (Å²) in [6, 6.07) is 5.49. The molecule has 7 nitrogen and oxygen atoms in total. The molecular formula is C16H18N2O5S. The minimum atomic E-state index is -1.02. The summed E-state index contributed by atoms with van der Waals surface area (Å²) in [5.74, 6) is -1.89. The zero-order chi connectivity index (χ0) is 17.9. The molecule has 128 valence electrons. The highest BCUT2D eigenvalue weighted by molar-refractivity contribution is 8.15. The molecule has 1 saturated heterocycles. The van der Waals surface area contributed by atoms with Gasteiger partial charge in [-0.2, -0.15) is 0 Å². The fraction of sp³-hybridized carbons (Fsp3) is 0.375. The monoisotopic (exact) mass is 350 g/mol. The van der Waals surface area contributed by atoms with Crippen LogP contribution >= 0.6 is 11.8 Å². The topological polar surface area (TPSA) is 104 Å². The number of amides is 3. The molecule has 0 aliphatic carbocycles. The lowest BCUT2D eigenvalue weighted by Crippen LogP contribution is -2.35. The first-order valence-corrected chi connectivity index (χ1v) is 8.28. The van der Waals surface area contributed by atoms with Gasteiger partial charge >= 0.3 is 5.97 Å². The third-order valence-electron chi connectivity index (χ3n) is 3.56. The molecule has 1 unspecified atom stereocenters. The Morgan fingerprint density at radius 1 is 1.29 bits per heavy atom. The maximum atomic E-state index is 12.5. The van der Waals surface area contributed by atoms with Crippen molar-refractivity contribution in [2.75, 3.05) is 11.4 Å². The number of hydrogen-bond acceptors (Lipinski definition) is 5. The van der Waals surface area contributed by atoms with Gasteiger partial charge in [0.2, 0.25) is 11.8 Å². The lowest BCUT2D eigenvalue weighted by atomic mass is 10.1. The van der Waals surface area contributed by atoms with Crippen LogP contribution in [0.5, 0.6) is 0 Å². The lowest BCUT2D eigenvalue weighted by Gasteiger charge is -2.17. The molecule has 8 heteroatoms. The first kappa shape index (κ1) is 18.0. The fourth-order valence-electron chi connectivity index (χ4n) is 2.31. The van der Waals surface area contributed by atoms with Gasteiger partial charge in [-0.05, 0) is 42.8 Å². The number of nitrogens with one attached hydrogen (secondary N) is 1. The Balaban J connectivity index is 2.05. The van der Waals surface area contributed by atoms with Crippen LogP contribution < -0.4 is 10.2 Å². The van der Waals surface area contributed by atoms with Crippen molar-refractivity contribution >= 4 is 40.5 Å². The van der Waals surface area contributed by atoms with E-state index in [0.717, 1.165) is 27.8 Å². The van der Waals surface area contributed by atoms with Gasteiger partial charge in [0.15, 0.2) is 0 Å². The third-order valence-corrected chi connectivity index (χ3v) is 4.60. The first-order valence-electron chi connectivity index (χ1n) is 7.40. The Labute approximate surface area is 143 Å². The second kappa shape index (κ2) is 7.48. The van der Waals surface area contributed by atoms with Crippen LogP contribution in [-0.4, -0.2) is 39.9 Å². The number of carbonyl (C=O) groups is 4. The van der Waals surface area contributed by atoms with E-state index in [9.17, 15) is 19.2 Å². The predicted octanol–water partition coefficient (Wildman–Crippen LogP) is 1.85.